The van der Waals surface area contributed by atoms with Crippen LogP contribution in [0.15, 0.2) is 23.0 Å². The summed E-state index contributed by atoms with van der Waals surface area (Å²) in [7, 11) is 1.78. The Kier molecular flexibility index (Phi) is 5.13. The predicted molar refractivity (Wildman–Crippen MR) is 96.9 cm³/mol. The van der Waals surface area contributed by atoms with E-state index in [0.29, 0.717) is 35.2 Å². The fraction of sp³-hybridized carbons (Fsp3) is 0.444. The van der Waals surface area contributed by atoms with E-state index in [2.05, 4.69) is 6.92 Å². The molecule has 1 amide bonds. The molecule has 0 unspecified atom stereocenters. The van der Waals surface area contributed by atoms with Gasteiger partial charge in [0, 0.05) is 19.3 Å². The van der Waals surface area contributed by atoms with Crippen molar-refractivity contribution in [3.63, 3.8) is 0 Å². The third kappa shape index (κ3) is 3.56. The fourth-order valence-corrected chi connectivity index (χ4v) is 3.74. The van der Waals surface area contributed by atoms with Crippen molar-refractivity contribution in [3.05, 3.63) is 44.0 Å². The van der Waals surface area contributed by atoms with Crippen LogP contribution in [0.5, 0.6) is 11.5 Å². The second kappa shape index (κ2) is 7.31. The van der Waals surface area contributed by atoms with Crippen molar-refractivity contribution in [3.8, 4) is 11.5 Å². The lowest BCUT2D eigenvalue weighted by Gasteiger charge is -2.16. The maximum atomic E-state index is 12.6. The van der Waals surface area contributed by atoms with Crippen LogP contribution in [0.25, 0.3) is 0 Å². The van der Waals surface area contributed by atoms with Crippen molar-refractivity contribution < 1.29 is 14.3 Å². The quantitative estimate of drug-likeness (QED) is 0.793. The SMILES string of the molecule is CCCCN(C)C(=O)c1sc(=O)n(Cc2ccc3c(c2)OCO3)c1C. The van der Waals surface area contributed by atoms with Crippen molar-refractivity contribution in [2.45, 2.75) is 33.2 Å². The highest BCUT2D eigenvalue weighted by molar-refractivity contribution is 7.11. The first kappa shape index (κ1) is 17.5. The number of carbonyl (C=O) groups is 1. The molecule has 0 fully saturated rings. The normalized spacial score (nSPS) is 12.4. The van der Waals surface area contributed by atoms with Crippen molar-refractivity contribution >= 4 is 17.2 Å². The molecule has 1 aromatic carbocycles. The first-order valence-electron chi connectivity index (χ1n) is 8.35. The summed E-state index contributed by atoms with van der Waals surface area (Å²) in [5, 5.41) is 0. The Morgan fingerprint density at radius 2 is 2.08 bits per heavy atom. The van der Waals surface area contributed by atoms with E-state index < -0.39 is 0 Å². The second-order valence-electron chi connectivity index (χ2n) is 6.14. The maximum Gasteiger partial charge on any atom is 0.308 e. The molecule has 2 heterocycles. The van der Waals surface area contributed by atoms with Crippen LogP contribution >= 0.6 is 11.3 Å². The number of nitrogens with zero attached hydrogens (tertiary/aromatic N) is 2. The molecule has 0 bridgehead atoms. The number of rotatable bonds is 6. The molecule has 1 aliphatic heterocycles. The molecule has 0 aliphatic carbocycles. The number of ether oxygens (including phenoxy) is 2. The van der Waals surface area contributed by atoms with E-state index >= 15 is 0 Å². The maximum absolute atomic E-state index is 12.6. The van der Waals surface area contributed by atoms with Crippen molar-refractivity contribution in [1.29, 1.82) is 0 Å². The standard InChI is InChI=1S/C18H22N2O4S/c1-4-5-8-19(3)17(21)16-12(2)20(18(22)25-16)10-13-6-7-14-15(9-13)24-11-23-14/h6-7,9H,4-5,8,10-11H2,1-3H3. The lowest BCUT2D eigenvalue weighted by atomic mass is 10.2. The van der Waals surface area contributed by atoms with Gasteiger partial charge in [-0.1, -0.05) is 30.7 Å². The highest BCUT2D eigenvalue weighted by atomic mass is 32.1. The fourth-order valence-electron chi connectivity index (χ4n) is 2.75. The van der Waals surface area contributed by atoms with Gasteiger partial charge in [-0.05, 0) is 31.0 Å². The summed E-state index contributed by atoms with van der Waals surface area (Å²) in [4.78, 5) is 27.1. The number of amides is 1. The Morgan fingerprint density at radius 1 is 1.32 bits per heavy atom. The number of hydrogen-bond donors (Lipinski definition) is 0. The van der Waals surface area contributed by atoms with E-state index in [1.807, 2.05) is 25.1 Å². The van der Waals surface area contributed by atoms with Crippen LogP contribution < -0.4 is 14.3 Å². The average molecular weight is 362 g/mol. The molecule has 0 saturated carbocycles. The van der Waals surface area contributed by atoms with Crippen molar-refractivity contribution in [1.82, 2.24) is 9.47 Å². The summed E-state index contributed by atoms with van der Waals surface area (Å²) in [6.07, 6.45) is 1.98. The number of hydrogen-bond acceptors (Lipinski definition) is 5. The predicted octanol–water partition coefficient (Wildman–Crippen LogP) is 2.87. The summed E-state index contributed by atoms with van der Waals surface area (Å²) >= 11 is 1.02. The van der Waals surface area contributed by atoms with Gasteiger partial charge in [0.05, 0.1) is 6.54 Å². The molecule has 0 N–H and O–H groups in total. The molecule has 7 heteroatoms. The Hall–Kier alpha value is -2.28. The molecule has 6 nitrogen and oxygen atoms in total. The number of benzene rings is 1. The van der Waals surface area contributed by atoms with Gasteiger partial charge in [0.15, 0.2) is 11.5 Å². The van der Waals surface area contributed by atoms with Crippen molar-refractivity contribution in [2.24, 2.45) is 0 Å². The largest absolute Gasteiger partial charge is 0.454 e. The van der Waals surface area contributed by atoms with Gasteiger partial charge in [-0.2, -0.15) is 0 Å². The molecule has 0 radical (unpaired) electrons. The van der Waals surface area contributed by atoms with E-state index in [-0.39, 0.29) is 17.6 Å². The minimum absolute atomic E-state index is 0.0857. The number of thiazole rings is 1. The van der Waals surface area contributed by atoms with Gasteiger partial charge < -0.3 is 14.4 Å². The third-order valence-electron chi connectivity index (χ3n) is 4.31. The Balaban J connectivity index is 1.82. The van der Waals surface area contributed by atoms with Crippen LogP contribution in [0.1, 0.15) is 40.7 Å². The first-order chi connectivity index (χ1) is 12.0. The van der Waals surface area contributed by atoms with Gasteiger partial charge >= 0.3 is 4.87 Å². The lowest BCUT2D eigenvalue weighted by molar-refractivity contribution is 0.0796. The van der Waals surface area contributed by atoms with Crippen LogP contribution in [0.3, 0.4) is 0 Å². The van der Waals surface area contributed by atoms with E-state index in [1.54, 1.807) is 16.5 Å². The summed E-state index contributed by atoms with van der Waals surface area (Å²) in [5.41, 5.74) is 1.65. The zero-order valence-electron chi connectivity index (χ0n) is 14.7. The van der Waals surface area contributed by atoms with Crippen molar-refractivity contribution in [2.75, 3.05) is 20.4 Å². The van der Waals surface area contributed by atoms with Gasteiger partial charge in [0.1, 0.15) is 4.88 Å². The highest BCUT2D eigenvalue weighted by Crippen LogP contribution is 2.32. The Morgan fingerprint density at radius 3 is 2.84 bits per heavy atom. The first-order valence-corrected chi connectivity index (χ1v) is 9.17. The molecule has 3 rings (SSSR count). The molecule has 0 atom stereocenters. The zero-order chi connectivity index (χ0) is 18.0. The molecular weight excluding hydrogens is 340 g/mol. The average Bonchev–Trinajstić information content (AvgIpc) is 3.18. The monoisotopic (exact) mass is 362 g/mol. The molecule has 1 aromatic heterocycles. The summed E-state index contributed by atoms with van der Waals surface area (Å²) in [5.74, 6) is 1.32. The number of fused-ring (bicyclic) bond motifs is 1. The summed E-state index contributed by atoms with van der Waals surface area (Å²) < 4.78 is 12.3. The lowest BCUT2D eigenvalue weighted by Crippen LogP contribution is -2.27. The van der Waals surface area contributed by atoms with Crippen LogP contribution in [0, 0.1) is 6.92 Å². The highest BCUT2D eigenvalue weighted by Gasteiger charge is 2.21. The number of carbonyl (C=O) groups excluding carboxylic acids is 1. The minimum atomic E-state index is -0.123. The smallest absolute Gasteiger partial charge is 0.308 e. The molecule has 0 spiro atoms. The zero-order valence-corrected chi connectivity index (χ0v) is 15.5. The van der Waals surface area contributed by atoms with Gasteiger partial charge in [0.25, 0.3) is 5.91 Å². The topological polar surface area (TPSA) is 60.8 Å². The van der Waals surface area contributed by atoms with Gasteiger partial charge in [-0.15, -0.1) is 0 Å². The molecule has 25 heavy (non-hydrogen) atoms. The van der Waals surface area contributed by atoms with E-state index in [1.165, 1.54) is 0 Å². The number of unbranched alkanes of at least 4 members (excludes halogenated alkanes) is 1. The van der Waals surface area contributed by atoms with E-state index in [0.717, 1.165) is 29.7 Å². The minimum Gasteiger partial charge on any atom is -0.454 e. The molecule has 0 saturated heterocycles. The Bertz CT molecular complexity index is 840. The number of aromatic nitrogens is 1. The van der Waals surface area contributed by atoms with Crippen LogP contribution in [-0.2, 0) is 6.54 Å². The molecule has 2 aromatic rings. The molecule has 1 aliphatic rings. The van der Waals surface area contributed by atoms with E-state index in [4.69, 9.17) is 9.47 Å². The van der Waals surface area contributed by atoms with Gasteiger partial charge in [-0.25, -0.2) is 0 Å². The van der Waals surface area contributed by atoms with Crippen LogP contribution in [-0.4, -0.2) is 35.8 Å². The third-order valence-corrected chi connectivity index (χ3v) is 5.38. The summed E-state index contributed by atoms with van der Waals surface area (Å²) in [6, 6.07) is 5.63. The molecular formula is C18H22N2O4S. The van der Waals surface area contributed by atoms with Gasteiger partial charge in [-0.3, -0.25) is 14.2 Å². The van der Waals surface area contributed by atoms with Crippen LogP contribution in [0.4, 0.5) is 0 Å². The Labute approximate surface area is 150 Å². The summed E-state index contributed by atoms with van der Waals surface area (Å²) in [6.45, 7) is 5.24. The second-order valence-corrected chi connectivity index (χ2v) is 7.10. The molecule has 134 valence electrons. The van der Waals surface area contributed by atoms with E-state index in [9.17, 15) is 9.59 Å². The van der Waals surface area contributed by atoms with Gasteiger partial charge in [0.2, 0.25) is 6.79 Å². The van der Waals surface area contributed by atoms with Crippen LogP contribution in [0.2, 0.25) is 0 Å².